The van der Waals surface area contributed by atoms with E-state index in [0.29, 0.717) is 29.9 Å². The molecule has 0 bridgehead atoms. The third-order valence-corrected chi connectivity index (χ3v) is 5.64. The number of hydrogen-bond acceptors (Lipinski definition) is 4. The SMILES string of the molecule is [CH2]C1(Cc2ccc(COc3cc(C(F)(F)F)cc(C(F)(F)F)c3)cc2)C=CC=CC1c1nnn[nH]1. The van der Waals surface area contributed by atoms with Crippen molar-refractivity contribution in [3.8, 4) is 5.75 Å². The lowest BCUT2D eigenvalue weighted by atomic mass is 9.70. The number of rotatable bonds is 6. The lowest BCUT2D eigenvalue weighted by Crippen LogP contribution is -2.27. The number of allylic oxidation sites excluding steroid dienone is 4. The smallest absolute Gasteiger partial charge is 0.416 e. The van der Waals surface area contributed by atoms with Crippen LogP contribution in [0.4, 0.5) is 26.3 Å². The molecule has 35 heavy (non-hydrogen) atoms. The molecule has 0 saturated carbocycles. The Labute approximate surface area is 196 Å². The van der Waals surface area contributed by atoms with Gasteiger partial charge < -0.3 is 4.74 Å². The summed E-state index contributed by atoms with van der Waals surface area (Å²) in [5.74, 6) is -0.130. The first-order valence-electron chi connectivity index (χ1n) is 10.4. The second-order valence-electron chi connectivity index (χ2n) is 8.26. The quantitative estimate of drug-likeness (QED) is 0.422. The van der Waals surface area contributed by atoms with E-state index < -0.39 is 34.6 Å². The van der Waals surface area contributed by atoms with E-state index in [1.165, 1.54) is 0 Å². The molecule has 1 heterocycles. The molecule has 1 N–H and O–H groups in total. The molecule has 1 aliphatic carbocycles. The highest BCUT2D eigenvalue weighted by molar-refractivity contribution is 5.38. The first-order chi connectivity index (χ1) is 16.4. The van der Waals surface area contributed by atoms with Crippen molar-refractivity contribution in [2.75, 3.05) is 0 Å². The summed E-state index contributed by atoms with van der Waals surface area (Å²) in [6.45, 7) is 4.15. The summed E-state index contributed by atoms with van der Waals surface area (Å²) >= 11 is 0. The van der Waals surface area contributed by atoms with E-state index in [-0.39, 0.29) is 18.6 Å². The Morgan fingerprint density at radius 1 is 0.914 bits per heavy atom. The summed E-state index contributed by atoms with van der Waals surface area (Å²) in [5.41, 5.74) is -1.93. The van der Waals surface area contributed by atoms with Gasteiger partial charge in [-0.25, -0.2) is 5.10 Å². The Bertz CT molecular complexity index is 1180. The highest BCUT2D eigenvalue weighted by Gasteiger charge is 2.37. The third kappa shape index (κ3) is 5.72. The third-order valence-electron chi connectivity index (χ3n) is 5.64. The number of H-pyrrole nitrogens is 1. The number of nitrogens with zero attached hydrogens (tertiary/aromatic N) is 3. The van der Waals surface area contributed by atoms with E-state index in [1.807, 2.05) is 24.3 Å². The highest BCUT2D eigenvalue weighted by atomic mass is 19.4. The predicted molar refractivity (Wildman–Crippen MR) is 114 cm³/mol. The Morgan fingerprint density at radius 2 is 1.54 bits per heavy atom. The summed E-state index contributed by atoms with van der Waals surface area (Å²) in [5, 5.41) is 14.0. The van der Waals surface area contributed by atoms with Crippen molar-refractivity contribution in [3.05, 3.63) is 102 Å². The number of aromatic amines is 1. The first-order valence-corrected chi connectivity index (χ1v) is 10.4. The maximum Gasteiger partial charge on any atom is 0.416 e. The molecule has 2 atom stereocenters. The van der Waals surface area contributed by atoms with Gasteiger partial charge >= 0.3 is 12.4 Å². The Morgan fingerprint density at radius 3 is 2.11 bits per heavy atom. The second kappa shape index (κ2) is 9.20. The Balaban J connectivity index is 1.47. The Hall–Kier alpha value is -3.63. The number of aromatic nitrogens is 4. The molecular weight excluding hydrogens is 474 g/mol. The van der Waals surface area contributed by atoms with Gasteiger partial charge in [-0.15, -0.1) is 5.10 Å². The number of hydrogen-bond donors (Lipinski definition) is 1. The molecule has 5 nitrogen and oxygen atoms in total. The van der Waals surface area contributed by atoms with Crippen molar-refractivity contribution in [2.24, 2.45) is 5.41 Å². The lowest BCUT2D eigenvalue weighted by molar-refractivity contribution is -0.143. The fourth-order valence-electron chi connectivity index (χ4n) is 3.86. The van der Waals surface area contributed by atoms with Crippen LogP contribution in [-0.4, -0.2) is 20.6 Å². The lowest BCUT2D eigenvalue weighted by Gasteiger charge is -2.33. The van der Waals surface area contributed by atoms with Gasteiger partial charge in [-0.05, 0) is 53.1 Å². The molecule has 1 aromatic heterocycles. The first kappa shape index (κ1) is 24.5. The van der Waals surface area contributed by atoms with Gasteiger partial charge in [-0.2, -0.15) is 26.3 Å². The molecule has 183 valence electrons. The molecule has 1 aliphatic rings. The van der Waals surface area contributed by atoms with Crippen molar-refractivity contribution < 1.29 is 31.1 Å². The van der Waals surface area contributed by atoms with Gasteiger partial charge in [0.15, 0.2) is 5.82 Å². The van der Waals surface area contributed by atoms with Gasteiger partial charge in [-0.3, -0.25) is 0 Å². The van der Waals surface area contributed by atoms with Crippen LogP contribution < -0.4 is 4.74 Å². The molecule has 0 amide bonds. The number of tetrazole rings is 1. The van der Waals surface area contributed by atoms with E-state index >= 15 is 0 Å². The van der Waals surface area contributed by atoms with Crippen LogP contribution in [0.5, 0.6) is 5.75 Å². The number of halogens is 6. The summed E-state index contributed by atoms with van der Waals surface area (Å²) in [4.78, 5) is 0. The zero-order chi connectivity index (χ0) is 25.3. The molecule has 3 aromatic rings. The largest absolute Gasteiger partial charge is 0.489 e. The summed E-state index contributed by atoms with van der Waals surface area (Å²) < 4.78 is 83.5. The Kier molecular flexibility index (Phi) is 6.44. The van der Waals surface area contributed by atoms with Gasteiger partial charge in [0.1, 0.15) is 12.4 Å². The summed E-state index contributed by atoms with van der Waals surface area (Å²) in [6.07, 6.45) is -1.66. The zero-order valence-corrected chi connectivity index (χ0v) is 18.1. The van der Waals surface area contributed by atoms with Gasteiger partial charge in [0.2, 0.25) is 0 Å². The van der Waals surface area contributed by atoms with Crippen LogP contribution in [0.2, 0.25) is 0 Å². The highest BCUT2D eigenvalue weighted by Crippen LogP contribution is 2.42. The van der Waals surface area contributed by atoms with E-state index in [0.717, 1.165) is 5.56 Å². The van der Waals surface area contributed by atoms with E-state index in [1.54, 1.807) is 24.3 Å². The van der Waals surface area contributed by atoms with Crippen LogP contribution in [0.3, 0.4) is 0 Å². The molecule has 0 fully saturated rings. The van der Waals surface area contributed by atoms with Gasteiger partial charge in [0.25, 0.3) is 0 Å². The molecule has 2 unspecified atom stereocenters. The molecule has 11 heteroatoms. The molecule has 0 spiro atoms. The monoisotopic (exact) mass is 493 g/mol. The van der Waals surface area contributed by atoms with Crippen molar-refractivity contribution in [2.45, 2.75) is 31.3 Å². The number of ether oxygens (including phenoxy) is 1. The number of alkyl halides is 6. The normalized spacial score (nSPS) is 20.3. The van der Waals surface area contributed by atoms with Gasteiger partial charge in [0.05, 0.1) is 11.1 Å². The molecule has 0 aliphatic heterocycles. The molecule has 4 rings (SSSR count). The zero-order valence-electron chi connectivity index (χ0n) is 18.1. The van der Waals surface area contributed by atoms with Gasteiger partial charge in [-0.1, -0.05) is 48.6 Å². The standard InChI is InChI=1S/C24H19F6N4O/c1-22(9-3-2-4-20(22)21-31-33-34-32-21)13-15-5-7-16(8-6-15)14-35-19-11-17(23(25,26)27)10-18(12-19)24(28,29)30/h2-12,20H,1,13-14H2,(H,31,32,33,34). The summed E-state index contributed by atoms with van der Waals surface area (Å²) in [7, 11) is 0. The minimum Gasteiger partial charge on any atom is -0.489 e. The van der Waals surface area contributed by atoms with Gasteiger partial charge in [0, 0.05) is 11.3 Å². The maximum absolute atomic E-state index is 13.0. The fraction of sp³-hybridized carbons (Fsp3) is 0.250. The average molecular weight is 493 g/mol. The van der Waals surface area contributed by atoms with Crippen LogP contribution >= 0.6 is 0 Å². The van der Waals surface area contributed by atoms with E-state index in [9.17, 15) is 26.3 Å². The minimum atomic E-state index is -4.94. The maximum atomic E-state index is 13.0. The van der Waals surface area contributed by atoms with Crippen LogP contribution in [0.1, 0.15) is 34.0 Å². The fourth-order valence-corrected chi connectivity index (χ4v) is 3.86. The molecule has 0 saturated heterocycles. The molecule has 2 aromatic carbocycles. The number of benzene rings is 2. The van der Waals surface area contributed by atoms with Crippen LogP contribution in [-0.2, 0) is 25.4 Å². The number of nitrogens with one attached hydrogen (secondary N) is 1. The van der Waals surface area contributed by atoms with Crippen LogP contribution in [0.25, 0.3) is 0 Å². The average Bonchev–Trinajstić information content (AvgIpc) is 3.32. The van der Waals surface area contributed by atoms with Crippen molar-refractivity contribution in [1.29, 1.82) is 0 Å². The molecule has 1 radical (unpaired) electrons. The van der Waals surface area contributed by atoms with E-state index in [2.05, 4.69) is 27.5 Å². The van der Waals surface area contributed by atoms with Crippen LogP contribution in [0, 0.1) is 12.3 Å². The second-order valence-corrected chi connectivity index (χ2v) is 8.26. The topological polar surface area (TPSA) is 63.7 Å². The predicted octanol–water partition coefficient (Wildman–Crippen LogP) is 6.09. The van der Waals surface area contributed by atoms with Crippen molar-refractivity contribution >= 4 is 0 Å². The van der Waals surface area contributed by atoms with Crippen LogP contribution in [0.15, 0.2) is 66.8 Å². The molecular formula is C24H19F6N4O. The summed E-state index contributed by atoms with van der Waals surface area (Å²) in [6, 6.07) is 8.18. The minimum absolute atomic E-state index is 0.0628. The van der Waals surface area contributed by atoms with E-state index in [4.69, 9.17) is 4.74 Å². The van der Waals surface area contributed by atoms with Crippen molar-refractivity contribution in [3.63, 3.8) is 0 Å². The van der Waals surface area contributed by atoms with Crippen molar-refractivity contribution in [1.82, 2.24) is 20.6 Å².